The van der Waals surface area contributed by atoms with Gasteiger partial charge in [0.05, 0.1) is 4.90 Å². The van der Waals surface area contributed by atoms with Gasteiger partial charge in [-0.2, -0.15) is 4.31 Å². The summed E-state index contributed by atoms with van der Waals surface area (Å²) in [7, 11) is -3.57. The van der Waals surface area contributed by atoms with E-state index in [1.165, 1.54) is 10.4 Å². The molecule has 0 aliphatic carbocycles. The van der Waals surface area contributed by atoms with Crippen molar-refractivity contribution in [2.45, 2.75) is 51.5 Å². The first kappa shape index (κ1) is 23.3. The Morgan fingerprint density at radius 2 is 1.65 bits per heavy atom. The number of anilines is 1. The Labute approximate surface area is 186 Å². The minimum Gasteiger partial charge on any atom is -0.372 e. The van der Waals surface area contributed by atoms with E-state index in [2.05, 4.69) is 36.2 Å². The molecule has 2 aromatic carbocycles. The first-order valence-electron chi connectivity index (χ1n) is 11.1. The SMILES string of the molecule is CCN(CC)c1ccc(CNC(=O)c2cc(S(=O)(=O)N3CCCCC3)ccc2C)cc1. The van der Waals surface area contributed by atoms with Crippen LogP contribution in [-0.4, -0.2) is 44.8 Å². The molecule has 0 spiro atoms. The van der Waals surface area contributed by atoms with E-state index < -0.39 is 10.0 Å². The third kappa shape index (κ3) is 5.46. The van der Waals surface area contributed by atoms with E-state index in [9.17, 15) is 13.2 Å². The lowest BCUT2D eigenvalue weighted by molar-refractivity contribution is 0.0950. The van der Waals surface area contributed by atoms with E-state index in [1.807, 2.05) is 19.1 Å². The van der Waals surface area contributed by atoms with E-state index in [1.54, 1.807) is 12.1 Å². The topological polar surface area (TPSA) is 69.7 Å². The van der Waals surface area contributed by atoms with Crippen LogP contribution in [-0.2, 0) is 16.6 Å². The van der Waals surface area contributed by atoms with Gasteiger partial charge in [-0.3, -0.25) is 4.79 Å². The van der Waals surface area contributed by atoms with Gasteiger partial charge in [0.15, 0.2) is 0 Å². The molecule has 1 amide bonds. The fraction of sp³-hybridized carbons (Fsp3) is 0.458. The number of hydrogen-bond donors (Lipinski definition) is 1. The minimum atomic E-state index is -3.57. The Morgan fingerprint density at radius 1 is 1.00 bits per heavy atom. The maximum atomic E-state index is 13.0. The highest BCUT2D eigenvalue weighted by Crippen LogP contribution is 2.23. The molecule has 0 saturated carbocycles. The van der Waals surface area contributed by atoms with Gasteiger partial charge in [-0.25, -0.2) is 8.42 Å². The number of carbonyl (C=O) groups excluding carboxylic acids is 1. The Morgan fingerprint density at radius 3 is 2.26 bits per heavy atom. The lowest BCUT2D eigenvalue weighted by atomic mass is 10.1. The van der Waals surface area contributed by atoms with Crippen LogP contribution in [0, 0.1) is 6.92 Å². The zero-order chi connectivity index (χ0) is 22.4. The van der Waals surface area contributed by atoms with E-state index in [-0.39, 0.29) is 10.8 Å². The summed E-state index contributed by atoms with van der Waals surface area (Å²) in [6, 6.07) is 13.0. The van der Waals surface area contributed by atoms with Gasteiger partial charge in [-0.15, -0.1) is 0 Å². The first-order valence-corrected chi connectivity index (χ1v) is 12.5. The van der Waals surface area contributed by atoms with Crippen LogP contribution in [0.15, 0.2) is 47.4 Å². The van der Waals surface area contributed by atoms with Crippen LogP contribution in [0.2, 0.25) is 0 Å². The Bertz CT molecular complexity index is 993. The molecular weight excluding hydrogens is 410 g/mol. The summed E-state index contributed by atoms with van der Waals surface area (Å²) < 4.78 is 27.5. The highest BCUT2D eigenvalue weighted by molar-refractivity contribution is 7.89. The molecule has 7 heteroatoms. The number of piperidine rings is 1. The van der Waals surface area contributed by atoms with Crippen LogP contribution in [0.25, 0.3) is 0 Å². The summed E-state index contributed by atoms with van der Waals surface area (Å²) in [6.45, 7) is 9.44. The molecule has 0 aromatic heterocycles. The van der Waals surface area contributed by atoms with Crippen molar-refractivity contribution in [2.75, 3.05) is 31.1 Å². The fourth-order valence-corrected chi connectivity index (χ4v) is 5.50. The zero-order valence-corrected chi connectivity index (χ0v) is 19.5. The molecule has 0 bridgehead atoms. The molecule has 31 heavy (non-hydrogen) atoms. The number of nitrogens with zero attached hydrogens (tertiary/aromatic N) is 2. The lowest BCUT2D eigenvalue weighted by Crippen LogP contribution is -2.35. The van der Waals surface area contributed by atoms with Gasteiger partial charge < -0.3 is 10.2 Å². The highest BCUT2D eigenvalue weighted by Gasteiger charge is 2.27. The fourth-order valence-electron chi connectivity index (χ4n) is 3.95. The van der Waals surface area contributed by atoms with Crippen LogP contribution in [0.1, 0.15) is 54.6 Å². The molecule has 1 fully saturated rings. The molecule has 3 rings (SSSR count). The number of carbonyl (C=O) groups is 1. The average molecular weight is 444 g/mol. The van der Waals surface area contributed by atoms with E-state index in [0.29, 0.717) is 25.2 Å². The standard InChI is InChI=1S/C24H33N3O3S/c1-4-26(5-2)21-12-10-20(11-13-21)18-25-24(28)23-17-22(14-9-19(23)3)31(29,30)27-15-7-6-8-16-27/h9-14,17H,4-8,15-16,18H2,1-3H3,(H,25,28). The minimum absolute atomic E-state index is 0.189. The van der Waals surface area contributed by atoms with E-state index >= 15 is 0 Å². The van der Waals surface area contributed by atoms with E-state index in [0.717, 1.165) is 49.2 Å². The smallest absolute Gasteiger partial charge is 0.251 e. The van der Waals surface area contributed by atoms with Crippen LogP contribution < -0.4 is 10.2 Å². The van der Waals surface area contributed by atoms with Crippen molar-refractivity contribution in [3.8, 4) is 0 Å². The molecule has 1 aliphatic heterocycles. The van der Waals surface area contributed by atoms with Crippen molar-refractivity contribution in [2.24, 2.45) is 0 Å². The van der Waals surface area contributed by atoms with Crippen molar-refractivity contribution in [3.05, 3.63) is 59.2 Å². The number of rotatable bonds is 8. The quantitative estimate of drug-likeness (QED) is 0.671. The van der Waals surface area contributed by atoms with Gasteiger partial charge in [-0.1, -0.05) is 24.6 Å². The largest absolute Gasteiger partial charge is 0.372 e. The van der Waals surface area contributed by atoms with Gasteiger partial charge in [0.2, 0.25) is 10.0 Å². The summed E-state index contributed by atoms with van der Waals surface area (Å²) in [5.41, 5.74) is 3.32. The predicted molar refractivity (Wildman–Crippen MR) is 125 cm³/mol. The van der Waals surface area contributed by atoms with Gasteiger partial charge >= 0.3 is 0 Å². The summed E-state index contributed by atoms with van der Waals surface area (Å²) in [5, 5.41) is 2.93. The summed E-state index contributed by atoms with van der Waals surface area (Å²) in [6.07, 6.45) is 2.82. The Balaban J connectivity index is 1.71. The predicted octanol–water partition coefficient (Wildman–Crippen LogP) is 3.95. The number of sulfonamides is 1. The van der Waals surface area contributed by atoms with Crippen LogP contribution in [0.5, 0.6) is 0 Å². The van der Waals surface area contributed by atoms with Crippen molar-refractivity contribution in [1.82, 2.24) is 9.62 Å². The molecular formula is C24H33N3O3S. The monoisotopic (exact) mass is 443 g/mol. The number of nitrogens with one attached hydrogen (secondary N) is 1. The third-order valence-electron chi connectivity index (χ3n) is 5.92. The molecule has 1 heterocycles. The molecule has 6 nitrogen and oxygen atoms in total. The summed E-state index contributed by atoms with van der Waals surface area (Å²) >= 11 is 0. The van der Waals surface area contributed by atoms with Gasteiger partial charge in [0.1, 0.15) is 0 Å². The second-order valence-corrected chi connectivity index (χ2v) is 9.90. The first-order chi connectivity index (χ1) is 14.9. The maximum Gasteiger partial charge on any atom is 0.251 e. The van der Waals surface area contributed by atoms with Crippen molar-refractivity contribution >= 4 is 21.6 Å². The molecule has 1 saturated heterocycles. The van der Waals surface area contributed by atoms with Crippen LogP contribution in [0.4, 0.5) is 5.69 Å². The summed E-state index contributed by atoms with van der Waals surface area (Å²) in [4.78, 5) is 15.3. The maximum absolute atomic E-state index is 13.0. The number of amides is 1. The molecule has 168 valence electrons. The number of hydrogen-bond acceptors (Lipinski definition) is 4. The highest BCUT2D eigenvalue weighted by atomic mass is 32.2. The number of aryl methyl sites for hydroxylation is 1. The molecule has 0 radical (unpaired) electrons. The molecule has 1 aliphatic rings. The summed E-state index contributed by atoms with van der Waals surface area (Å²) in [5.74, 6) is -0.263. The zero-order valence-electron chi connectivity index (χ0n) is 18.7. The normalized spacial score (nSPS) is 14.9. The van der Waals surface area contributed by atoms with Crippen molar-refractivity contribution < 1.29 is 13.2 Å². The molecule has 1 N–H and O–H groups in total. The van der Waals surface area contributed by atoms with Crippen LogP contribution in [0.3, 0.4) is 0 Å². The second-order valence-electron chi connectivity index (χ2n) is 7.96. The Hall–Kier alpha value is -2.38. The van der Waals surface area contributed by atoms with Crippen molar-refractivity contribution in [3.63, 3.8) is 0 Å². The Kier molecular flexibility index (Phi) is 7.73. The van der Waals surface area contributed by atoms with Gasteiger partial charge in [0.25, 0.3) is 5.91 Å². The van der Waals surface area contributed by atoms with E-state index in [4.69, 9.17) is 0 Å². The van der Waals surface area contributed by atoms with Gasteiger partial charge in [-0.05, 0) is 69.0 Å². The van der Waals surface area contributed by atoms with Gasteiger partial charge in [0, 0.05) is 44.0 Å². The molecule has 0 atom stereocenters. The molecule has 2 aromatic rings. The lowest BCUT2D eigenvalue weighted by Gasteiger charge is -2.26. The molecule has 0 unspecified atom stereocenters. The van der Waals surface area contributed by atoms with Crippen LogP contribution >= 0.6 is 0 Å². The number of benzene rings is 2. The van der Waals surface area contributed by atoms with Crippen molar-refractivity contribution in [1.29, 1.82) is 0 Å². The average Bonchev–Trinajstić information content (AvgIpc) is 2.80. The third-order valence-corrected chi connectivity index (χ3v) is 7.82. The second kappa shape index (κ2) is 10.3.